The fourth-order valence-electron chi connectivity index (χ4n) is 3.94. The number of fused-ring (bicyclic) bond motifs is 2. The predicted molar refractivity (Wildman–Crippen MR) is 113 cm³/mol. The predicted octanol–water partition coefficient (Wildman–Crippen LogP) is 5.57. The van der Waals surface area contributed by atoms with Crippen LogP contribution in [0.3, 0.4) is 0 Å². The first-order valence-corrected chi connectivity index (χ1v) is 9.30. The summed E-state index contributed by atoms with van der Waals surface area (Å²) < 4.78 is 2.18. The van der Waals surface area contributed by atoms with Crippen molar-refractivity contribution in [2.45, 2.75) is 13.0 Å². The van der Waals surface area contributed by atoms with Gasteiger partial charge in [0, 0.05) is 35.6 Å². The Balaban J connectivity index is 1.78. The summed E-state index contributed by atoms with van der Waals surface area (Å²) in [5.41, 5.74) is 7.08. The maximum Gasteiger partial charge on any atom is 0.145 e. The number of benzene rings is 2. The largest absolute Gasteiger partial charge is 0.366 e. The lowest BCUT2D eigenvalue weighted by atomic mass is 10.1. The molecule has 0 bridgehead atoms. The number of pyridine rings is 1. The highest BCUT2D eigenvalue weighted by atomic mass is 15.2. The fourth-order valence-corrected chi connectivity index (χ4v) is 3.94. The zero-order chi connectivity index (χ0) is 18.4. The summed E-state index contributed by atoms with van der Waals surface area (Å²) in [5, 5.41) is 0. The number of aromatic nitrogens is 1. The number of rotatable bonds is 2. The Morgan fingerprint density at radius 2 is 1.56 bits per heavy atom. The van der Waals surface area contributed by atoms with Crippen LogP contribution in [0.15, 0.2) is 90.1 Å². The van der Waals surface area contributed by atoms with Crippen LogP contribution in [0.2, 0.25) is 0 Å². The van der Waals surface area contributed by atoms with Gasteiger partial charge in [0.15, 0.2) is 0 Å². The number of likely N-dealkylation sites (N-methyl/N-ethyl adjacent to an activating group) is 1. The molecule has 5 rings (SSSR count). The Hall–Kier alpha value is -3.33. The number of hydrogen-bond acceptors (Lipinski definition) is 2. The summed E-state index contributed by atoms with van der Waals surface area (Å²) in [7, 11) is 2.14. The van der Waals surface area contributed by atoms with Crippen molar-refractivity contribution in [3.05, 3.63) is 90.6 Å². The van der Waals surface area contributed by atoms with Crippen molar-refractivity contribution in [1.29, 1.82) is 0 Å². The lowest BCUT2D eigenvalue weighted by molar-refractivity contribution is 0.887. The Morgan fingerprint density at radius 3 is 2.41 bits per heavy atom. The minimum absolute atomic E-state index is 0.236. The van der Waals surface area contributed by atoms with Crippen LogP contribution in [0.4, 0.5) is 11.5 Å². The molecular weight excluding hydrogens is 330 g/mol. The molecule has 2 aromatic heterocycles. The van der Waals surface area contributed by atoms with E-state index in [-0.39, 0.29) is 6.04 Å². The molecule has 0 N–H and O–H groups in total. The minimum Gasteiger partial charge on any atom is -0.366 e. The molecule has 2 aromatic carbocycles. The molecule has 4 aromatic rings. The highest BCUT2D eigenvalue weighted by Crippen LogP contribution is 2.37. The Bertz CT molecular complexity index is 1150. The summed E-state index contributed by atoms with van der Waals surface area (Å²) in [6, 6.07) is 27.8. The third kappa shape index (κ3) is 2.47. The van der Waals surface area contributed by atoms with Crippen LogP contribution in [-0.2, 0) is 0 Å². The SMILES string of the molecule is CC1C(=Nc2c(-c3ccccc3)cc3ccccn23)c2ccccc2N1C. The highest BCUT2D eigenvalue weighted by Gasteiger charge is 2.29. The van der Waals surface area contributed by atoms with Gasteiger partial charge in [-0.2, -0.15) is 0 Å². The standard InChI is InChI=1S/C24H21N3/c1-17-23(20-13-6-7-14-22(20)26(17)2)25-24-21(18-10-4-3-5-11-18)16-19-12-8-9-15-27(19)24/h3-17H,1-2H3. The quantitative estimate of drug-likeness (QED) is 0.462. The van der Waals surface area contributed by atoms with E-state index in [4.69, 9.17) is 4.99 Å². The van der Waals surface area contributed by atoms with Gasteiger partial charge in [-0.3, -0.25) is 0 Å². The molecule has 132 valence electrons. The van der Waals surface area contributed by atoms with Gasteiger partial charge in [-0.25, -0.2) is 4.99 Å². The van der Waals surface area contributed by atoms with Crippen LogP contribution < -0.4 is 4.90 Å². The van der Waals surface area contributed by atoms with Gasteiger partial charge in [0.2, 0.25) is 0 Å². The van der Waals surface area contributed by atoms with Gasteiger partial charge >= 0.3 is 0 Å². The second-order valence-electron chi connectivity index (χ2n) is 7.04. The monoisotopic (exact) mass is 351 g/mol. The van der Waals surface area contributed by atoms with Crippen LogP contribution in [0, 0.1) is 0 Å². The second kappa shape index (κ2) is 6.13. The molecule has 0 aliphatic carbocycles. The molecule has 0 fully saturated rings. The fraction of sp³-hybridized carbons (Fsp3) is 0.125. The van der Waals surface area contributed by atoms with E-state index in [0.717, 1.165) is 22.6 Å². The average Bonchev–Trinajstić information content (AvgIpc) is 3.20. The van der Waals surface area contributed by atoms with E-state index in [9.17, 15) is 0 Å². The minimum atomic E-state index is 0.236. The van der Waals surface area contributed by atoms with Crippen LogP contribution >= 0.6 is 0 Å². The molecule has 27 heavy (non-hydrogen) atoms. The zero-order valence-corrected chi connectivity index (χ0v) is 15.5. The van der Waals surface area contributed by atoms with Crippen molar-refractivity contribution in [2.24, 2.45) is 4.99 Å². The van der Waals surface area contributed by atoms with E-state index >= 15 is 0 Å². The molecule has 3 heteroatoms. The Morgan fingerprint density at radius 1 is 0.815 bits per heavy atom. The Labute approximate surface area is 159 Å². The summed E-state index contributed by atoms with van der Waals surface area (Å²) >= 11 is 0. The number of nitrogens with zero attached hydrogens (tertiary/aromatic N) is 3. The van der Waals surface area contributed by atoms with E-state index in [1.807, 2.05) is 0 Å². The first-order chi connectivity index (χ1) is 13.2. The number of aliphatic imine (C=N–C) groups is 1. The number of para-hydroxylation sites is 1. The lowest BCUT2D eigenvalue weighted by Crippen LogP contribution is -2.28. The topological polar surface area (TPSA) is 20.0 Å². The number of anilines is 1. The van der Waals surface area contributed by atoms with Gasteiger partial charge in [0.1, 0.15) is 5.82 Å². The summed E-state index contributed by atoms with van der Waals surface area (Å²) in [6.45, 7) is 2.22. The maximum absolute atomic E-state index is 5.23. The van der Waals surface area contributed by atoms with E-state index in [1.54, 1.807) is 0 Å². The first-order valence-electron chi connectivity index (χ1n) is 9.30. The molecular formula is C24H21N3. The molecule has 0 amide bonds. The molecule has 0 radical (unpaired) electrons. The molecule has 1 unspecified atom stereocenters. The van der Waals surface area contributed by atoms with E-state index in [2.05, 4.69) is 108 Å². The highest BCUT2D eigenvalue weighted by molar-refractivity contribution is 6.15. The average molecular weight is 351 g/mol. The van der Waals surface area contributed by atoms with Crippen LogP contribution in [0.1, 0.15) is 12.5 Å². The van der Waals surface area contributed by atoms with Crippen molar-refractivity contribution >= 4 is 22.7 Å². The second-order valence-corrected chi connectivity index (χ2v) is 7.04. The third-order valence-corrected chi connectivity index (χ3v) is 5.50. The van der Waals surface area contributed by atoms with Gasteiger partial charge in [0.25, 0.3) is 0 Å². The molecule has 0 spiro atoms. The smallest absolute Gasteiger partial charge is 0.145 e. The maximum atomic E-state index is 5.23. The van der Waals surface area contributed by atoms with Crippen molar-refractivity contribution in [3.63, 3.8) is 0 Å². The van der Waals surface area contributed by atoms with Gasteiger partial charge in [-0.15, -0.1) is 0 Å². The van der Waals surface area contributed by atoms with Gasteiger partial charge in [0.05, 0.1) is 11.8 Å². The van der Waals surface area contributed by atoms with E-state index in [1.165, 1.54) is 16.8 Å². The summed E-state index contributed by atoms with van der Waals surface area (Å²) in [6.07, 6.45) is 2.09. The Kier molecular flexibility index (Phi) is 3.61. The van der Waals surface area contributed by atoms with Crippen molar-refractivity contribution in [3.8, 4) is 11.1 Å². The van der Waals surface area contributed by atoms with Crippen LogP contribution in [0.25, 0.3) is 16.6 Å². The van der Waals surface area contributed by atoms with Crippen molar-refractivity contribution in [2.75, 3.05) is 11.9 Å². The molecule has 1 aliphatic rings. The van der Waals surface area contributed by atoms with Crippen molar-refractivity contribution in [1.82, 2.24) is 4.40 Å². The van der Waals surface area contributed by atoms with Gasteiger partial charge < -0.3 is 9.30 Å². The molecule has 1 atom stereocenters. The van der Waals surface area contributed by atoms with Crippen molar-refractivity contribution < 1.29 is 0 Å². The van der Waals surface area contributed by atoms with Gasteiger partial charge in [-0.05, 0) is 36.8 Å². The zero-order valence-electron chi connectivity index (χ0n) is 15.5. The van der Waals surface area contributed by atoms with E-state index in [0.29, 0.717) is 0 Å². The normalized spacial score (nSPS) is 17.6. The molecule has 3 nitrogen and oxygen atoms in total. The van der Waals surface area contributed by atoms with Crippen LogP contribution in [0.5, 0.6) is 0 Å². The van der Waals surface area contributed by atoms with Gasteiger partial charge in [-0.1, -0.05) is 54.6 Å². The first kappa shape index (κ1) is 15.9. The molecule has 0 saturated carbocycles. The molecule has 3 heterocycles. The van der Waals surface area contributed by atoms with Crippen LogP contribution in [-0.4, -0.2) is 23.2 Å². The molecule has 0 saturated heterocycles. The summed E-state index contributed by atoms with van der Waals surface area (Å²) in [5.74, 6) is 0.990. The molecule has 1 aliphatic heterocycles. The van der Waals surface area contributed by atoms with E-state index < -0.39 is 0 Å². The number of hydrogen-bond donors (Lipinski definition) is 0. The third-order valence-electron chi connectivity index (χ3n) is 5.50. The summed E-state index contributed by atoms with van der Waals surface area (Å²) in [4.78, 5) is 7.53. The lowest BCUT2D eigenvalue weighted by Gasteiger charge is -2.18.